The summed E-state index contributed by atoms with van der Waals surface area (Å²) >= 11 is 0. The summed E-state index contributed by atoms with van der Waals surface area (Å²) in [7, 11) is 0. The second-order valence-corrected chi connectivity index (χ2v) is 9.89. The van der Waals surface area contributed by atoms with Crippen LogP contribution in [0.4, 0.5) is 5.69 Å². The van der Waals surface area contributed by atoms with Crippen LogP contribution in [0.25, 0.3) is 0 Å². The van der Waals surface area contributed by atoms with E-state index in [-0.39, 0.29) is 11.8 Å². The van der Waals surface area contributed by atoms with Crippen molar-refractivity contribution in [1.29, 1.82) is 0 Å². The first-order valence-corrected chi connectivity index (χ1v) is 13.0. The van der Waals surface area contributed by atoms with Gasteiger partial charge in [-0.2, -0.15) is 0 Å². The molecule has 4 nitrogen and oxygen atoms in total. The molecule has 0 aliphatic carbocycles. The summed E-state index contributed by atoms with van der Waals surface area (Å²) < 4.78 is 0. The lowest BCUT2D eigenvalue weighted by Crippen LogP contribution is -2.34. The lowest BCUT2D eigenvalue weighted by atomic mass is 9.91. The Morgan fingerprint density at radius 2 is 1.89 bits per heavy atom. The van der Waals surface area contributed by atoms with E-state index in [0.29, 0.717) is 18.0 Å². The topological polar surface area (TPSA) is 53.5 Å². The van der Waals surface area contributed by atoms with Crippen molar-refractivity contribution in [2.45, 2.75) is 57.0 Å². The van der Waals surface area contributed by atoms with Crippen LogP contribution in [0.3, 0.4) is 0 Å². The third-order valence-electron chi connectivity index (χ3n) is 7.15. The van der Waals surface area contributed by atoms with Crippen molar-refractivity contribution >= 4 is 17.3 Å². The number of amides is 1. The van der Waals surface area contributed by atoms with Gasteiger partial charge in [-0.05, 0) is 73.1 Å². The van der Waals surface area contributed by atoms with E-state index in [1.807, 2.05) is 37.3 Å². The summed E-state index contributed by atoms with van der Waals surface area (Å²) in [5.74, 6) is 0.271. The van der Waals surface area contributed by atoms with Crippen molar-refractivity contribution in [3.8, 4) is 0 Å². The molecule has 36 heavy (non-hydrogen) atoms. The number of aliphatic imine (C=N–C) groups is 1. The largest absolute Gasteiger partial charge is 0.326 e. The summed E-state index contributed by atoms with van der Waals surface area (Å²) in [6.45, 7) is 9.98. The van der Waals surface area contributed by atoms with E-state index in [1.54, 1.807) is 6.20 Å². The van der Waals surface area contributed by atoms with Crippen molar-refractivity contribution in [2.24, 2.45) is 10.9 Å². The van der Waals surface area contributed by atoms with Gasteiger partial charge in [-0.1, -0.05) is 68.1 Å². The molecule has 186 valence electrons. The van der Waals surface area contributed by atoms with Gasteiger partial charge in [-0.3, -0.25) is 9.79 Å². The summed E-state index contributed by atoms with van der Waals surface area (Å²) in [5, 5.41) is 6.90. The maximum absolute atomic E-state index is 12.7. The van der Waals surface area contributed by atoms with Crippen LogP contribution in [0.1, 0.15) is 49.7 Å². The van der Waals surface area contributed by atoms with Crippen molar-refractivity contribution in [3.05, 3.63) is 115 Å². The molecule has 1 amide bonds. The van der Waals surface area contributed by atoms with E-state index in [1.165, 1.54) is 11.1 Å². The SMILES string of the molecule is C=C[C@H](c1ccccc1)C1CC[C@H](Cc2ccc(NC(=O)C(C)CCC3=NC=CC(=C)C=C3)cc2)N1. The van der Waals surface area contributed by atoms with Gasteiger partial charge in [-0.25, -0.2) is 0 Å². The van der Waals surface area contributed by atoms with E-state index in [2.05, 4.69) is 77.3 Å². The number of carbonyl (C=O) groups is 1. The maximum Gasteiger partial charge on any atom is 0.227 e. The van der Waals surface area contributed by atoms with E-state index in [4.69, 9.17) is 0 Å². The minimum absolute atomic E-state index is 0.0394. The van der Waals surface area contributed by atoms with Crippen molar-refractivity contribution < 1.29 is 4.79 Å². The Bertz CT molecular complexity index is 1140. The highest BCUT2D eigenvalue weighted by molar-refractivity contribution is 5.97. The van der Waals surface area contributed by atoms with Gasteiger partial charge in [0.1, 0.15) is 0 Å². The van der Waals surface area contributed by atoms with Gasteiger partial charge < -0.3 is 10.6 Å². The molecule has 0 aromatic heterocycles. The number of allylic oxidation sites excluding steroid dienone is 4. The fraction of sp³-hybridized carbons (Fsp3) is 0.312. The summed E-state index contributed by atoms with van der Waals surface area (Å²) in [6, 6.07) is 19.8. The van der Waals surface area contributed by atoms with Gasteiger partial charge >= 0.3 is 0 Å². The number of nitrogens with zero attached hydrogens (tertiary/aromatic N) is 1. The van der Waals surface area contributed by atoms with Gasteiger partial charge in [0.2, 0.25) is 5.91 Å². The Balaban J connectivity index is 1.24. The highest BCUT2D eigenvalue weighted by Gasteiger charge is 2.29. The molecule has 2 unspecified atom stereocenters. The zero-order chi connectivity index (χ0) is 25.3. The number of rotatable bonds is 10. The third-order valence-corrected chi connectivity index (χ3v) is 7.15. The number of hydrogen-bond acceptors (Lipinski definition) is 3. The molecule has 2 heterocycles. The van der Waals surface area contributed by atoms with Crippen LogP contribution in [0.2, 0.25) is 0 Å². The number of nitrogens with one attached hydrogen (secondary N) is 2. The zero-order valence-electron chi connectivity index (χ0n) is 21.2. The monoisotopic (exact) mass is 479 g/mol. The number of anilines is 1. The first-order chi connectivity index (χ1) is 17.5. The van der Waals surface area contributed by atoms with E-state index >= 15 is 0 Å². The fourth-order valence-corrected chi connectivity index (χ4v) is 4.95. The molecule has 0 radical (unpaired) electrons. The lowest BCUT2D eigenvalue weighted by Gasteiger charge is -2.22. The van der Waals surface area contributed by atoms with Gasteiger partial charge in [0.05, 0.1) is 0 Å². The van der Waals surface area contributed by atoms with E-state index < -0.39 is 0 Å². The Morgan fingerprint density at radius 3 is 2.64 bits per heavy atom. The molecule has 4 rings (SSSR count). The third kappa shape index (κ3) is 7.02. The normalized spacial score (nSPS) is 20.9. The summed E-state index contributed by atoms with van der Waals surface area (Å²) in [6.07, 6.45) is 14.4. The molecule has 0 saturated carbocycles. The molecule has 2 aromatic rings. The average Bonchev–Trinajstić information content (AvgIpc) is 3.24. The first-order valence-electron chi connectivity index (χ1n) is 13.0. The molecule has 2 aliphatic rings. The van der Waals surface area contributed by atoms with E-state index in [0.717, 1.165) is 49.1 Å². The average molecular weight is 480 g/mol. The van der Waals surface area contributed by atoms with Crippen molar-refractivity contribution in [3.63, 3.8) is 0 Å². The smallest absolute Gasteiger partial charge is 0.227 e. The predicted octanol–water partition coefficient (Wildman–Crippen LogP) is 6.76. The molecule has 2 aromatic carbocycles. The Morgan fingerprint density at radius 1 is 1.11 bits per heavy atom. The van der Waals surface area contributed by atoms with Crippen LogP contribution in [0, 0.1) is 5.92 Å². The van der Waals surface area contributed by atoms with Gasteiger partial charge in [-0.15, -0.1) is 6.58 Å². The zero-order valence-corrected chi connectivity index (χ0v) is 21.2. The molecule has 0 bridgehead atoms. The quantitative estimate of drug-likeness (QED) is 0.370. The molecule has 1 saturated heterocycles. The minimum Gasteiger partial charge on any atom is -0.326 e. The van der Waals surface area contributed by atoms with Gasteiger partial charge in [0, 0.05) is 41.5 Å². The van der Waals surface area contributed by atoms with Crippen LogP contribution in [0.15, 0.2) is 109 Å². The molecule has 2 N–H and O–H groups in total. The Kier molecular flexibility index (Phi) is 8.85. The molecule has 0 spiro atoms. The van der Waals surface area contributed by atoms with Crippen LogP contribution in [-0.4, -0.2) is 23.7 Å². The number of carbonyl (C=O) groups excluding carboxylic acids is 1. The van der Waals surface area contributed by atoms with Crippen LogP contribution >= 0.6 is 0 Å². The summed E-state index contributed by atoms with van der Waals surface area (Å²) in [5.41, 5.74) is 5.34. The lowest BCUT2D eigenvalue weighted by molar-refractivity contribution is -0.119. The van der Waals surface area contributed by atoms with Crippen LogP contribution in [0.5, 0.6) is 0 Å². The van der Waals surface area contributed by atoms with Crippen molar-refractivity contribution in [1.82, 2.24) is 5.32 Å². The van der Waals surface area contributed by atoms with Crippen molar-refractivity contribution in [2.75, 3.05) is 5.32 Å². The fourth-order valence-electron chi connectivity index (χ4n) is 4.95. The molecule has 2 aliphatic heterocycles. The predicted molar refractivity (Wildman–Crippen MR) is 151 cm³/mol. The molecular formula is C32H37N3O. The highest BCUT2D eigenvalue weighted by Crippen LogP contribution is 2.29. The highest BCUT2D eigenvalue weighted by atomic mass is 16.1. The van der Waals surface area contributed by atoms with Gasteiger partial charge in [0.25, 0.3) is 0 Å². The van der Waals surface area contributed by atoms with Crippen LogP contribution < -0.4 is 10.6 Å². The molecule has 1 fully saturated rings. The standard InChI is InChI=1S/C32H37N3O/c1-4-30(26-8-6-5-7-9-26)31-19-18-29(34-31)22-25-12-16-28(17-13-25)35-32(36)24(3)11-15-27-14-10-23(2)20-21-33-27/h4-10,12-14,16-17,20-21,24,29-31,34H,1-2,11,15,18-19,22H2,3H3,(H,35,36)/t24?,29-,30-,31?/m1/s1. The van der Waals surface area contributed by atoms with Gasteiger partial charge in [0.15, 0.2) is 0 Å². The van der Waals surface area contributed by atoms with E-state index in [9.17, 15) is 4.79 Å². The summed E-state index contributed by atoms with van der Waals surface area (Å²) in [4.78, 5) is 17.1. The molecule has 4 heteroatoms. The number of benzene rings is 2. The first kappa shape index (κ1) is 25.6. The minimum atomic E-state index is -0.0988. The Labute approximate surface area is 215 Å². The molecular weight excluding hydrogens is 442 g/mol. The Hall–Kier alpha value is -3.50. The number of hydrogen-bond donors (Lipinski definition) is 2. The second-order valence-electron chi connectivity index (χ2n) is 9.89. The van der Waals surface area contributed by atoms with Crippen LogP contribution in [-0.2, 0) is 11.2 Å². The second kappa shape index (κ2) is 12.5. The maximum atomic E-state index is 12.7. The molecule has 4 atom stereocenters.